The Morgan fingerprint density at radius 3 is 2.70 bits per heavy atom. The second kappa shape index (κ2) is 7.54. The summed E-state index contributed by atoms with van der Waals surface area (Å²) in [6.07, 6.45) is 0.741. The van der Waals surface area contributed by atoms with Gasteiger partial charge in [0.05, 0.1) is 23.4 Å². The highest BCUT2D eigenvalue weighted by Crippen LogP contribution is 2.21. The molecule has 2 rings (SSSR count). The van der Waals surface area contributed by atoms with E-state index in [1.807, 2.05) is 6.92 Å². The molecule has 0 spiro atoms. The van der Waals surface area contributed by atoms with Crippen LogP contribution < -0.4 is 4.74 Å². The molecule has 0 radical (unpaired) electrons. The monoisotopic (exact) mass is 313 g/mol. The average Bonchev–Trinajstić information content (AvgIpc) is 2.52. The SMILES string of the molecule is CCOC(=O)c1c(COc2ccccc2C=O)cc(C)nc1C. The summed E-state index contributed by atoms with van der Waals surface area (Å²) in [6.45, 7) is 5.82. The first-order chi connectivity index (χ1) is 11.1. The van der Waals surface area contributed by atoms with E-state index in [0.29, 0.717) is 34.7 Å². The van der Waals surface area contributed by atoms with Gasteiger partial charge in [0, 0.05) is 11.3 Å². The fraction of sp³-hybridized carbons (Fsp3) is 0.278. The van der Waals surface area contributed by atoms with Crippen molar-refractivity contribution < 1.29 is 19.1 Å². The highest BCUT2D eigenvalue weighted by molar-refractivity contribution is 5.92. The molecular formula is C18H19NO4. The Morgan fingerprint density at radius 1 is 1.26 bits per heavy atom. The summed E-state index contributed by atoms with van der Waals surface area (Å²) < 4.78 is 10.8. The van der Waals surface area contributed by atoms with Crippen LogP contribution in [0.4, 0.5) is 0 Å². The lowest BCUT2D eigenvalue weighted by molar-refractivity contribution is 0.0521. The Hall–Kier alpha value is -2.69. The van der Waals surface area contributed by atoms with Gasteiger partial charge in [-0.25, -0.2) is 4.79 Å². The molecule has 0 saturated carbocycles. The van der Waals surface area contributed by atoms with E-state index in [2.05, 4.69) is 4.98 Å². The van der Waals surface area contributed by atoms with E-state index in [4.69, 9.17) is 9.47 Å². The Kier molecular flexibility index (Phi) is 5.46. The molecule has 0 unspecified atom stereocenters. The van der Waals surface area contributed by atoms with Crippen molar-refractivity contribution in [3.8, 4) is 5.75 Å². The molecule has 0 bridgehead atoms. The van der Waals surface area contributed by atoms with Gasteiger partial charge in [-0.15, -0.1) is 0 Å². The number of nitrogens with zero attached hydrogens (tertiary/aromatic N) is 1. The van der Waals surface area contributed by atoms with Gasteiger partial charge in [-0.2, -0.15) is 0 Å². The topological polar surface area (TPSA) is 65.5 Å². The summed E-state index contributed by atoms with van der Waals surface area (Å²) in [6, 6.07) is 8.74. The Morgan fingerprint density at radius 2 is 2.00 bits per heavy atom. The van der Waals surface area contributed by atoms with E-state index in [1.165, 1.54) is 0 Å². The number of rotatable bonds is 6. The summed E-state index contributed by atoms with van der Waals surface area (Å²) in [5.74, 6) is 0.0594. The van der Waals surface area contributed by atoms with Crippen LogP contribution in [0.2, 0.25) is 0 Å². The van der Waals surface area contributed by atoms with Gasteiger partial charge in [-0.1, -0.05) is 12.1 Å². The molecule has 0 amide bonds. The molecule has 0 N–H and O–H groups in total. The van der Waals surface area contributed by atoms with Gasteiger partial charge < -0.3 is 9.47 Å². The molecule has 23 heavy (non-hydrogen) atoms. The quantitative estimate of drug-likeness (QED) is 0.605. The number of benzene rings is 1. The predicted octanol–water partition coefficient (Wildman–Crippen LogP) is 3.27. The van der Waals surface area contributed by atoms with E-state index in [9.17, 15) is 9.59 Å². The van der Waals surface area contributed by atoms with Crippen LogP contribution in [0.15, 0.2) is 30.3 Å². The molecule has 0 atom stereocenters. The van der Waals surface area contributed by atoms with Crippen molar-refractivity contribution >= 4 is 12.3 Å². The minimum Gasteiger partial charge on any atom is -0.488 e. The maximum atomic E-state index is 12.2. The van der Waals surface area contributed by atoms with E-state index in [0.717, 1.165) is 12.0 Å². The minimum absolute atomic E-state index is 0.156. The fourth-order valence-electron chi connectivity index (χ4n) is 2.37. The average molecular weight is 313 g/mol. The number of pyridine rings is 1. The van der Waals surface area contributed by atoms with Crippen LogP contribution >= 0.6 is 0 Å². The highest BCUT2D eigenvalue weighted by atomic mass is 16.5. The number of aryl methyl sites for hydroxylation is 2. The van der Waals surface area contributed by atoms with Crippen molar-refractivity contribution in [1.82, 2.24) is 4.98 Å². The van der Waals surface area contributed by atoms with Gasteiger partial charge in [0.2, 0.25) is 0 Å². The van der Waals surface area contributed by atoms with Gasteiger partial charge in [-0.05, 0) is 39.0 Å². The number of carbonyl (C=O) groups is 2. The first kappa shape index (κ1) is 16.7. The number of aldehydes is 1. The Bertz CT molecular complexity index is 725. The molecular weight excluding hydrogens is 294 g/mol. The molecule has 0 fully saturated rings. The molecule has 5 heteroatoms. The summed E-state index contributed by atoms with van der Waals surface area (Å²) >= 11 is 0. The first-order valence-electron chi connectivity index (χ1n) is 7.38. The lowest BCUT2D eigenvalue weighted by atomic mass is 10.1. The van der Waals surface area contributed by atoms with E-state index < -0.39 is 5.97 Å². The zero-order chi connectivity index (χ0) is 16.8. The van der Waals surface area contributed by atoms with Crippen molar-refractivity contribution in [3.63, 3.8) is 0 Å². The molecule has 1 aromatic carbocycles. The Labute approximate surface area is 135 Å². The second-order valence-electron chi connectivity index (χ2n) is 5.05. The summed E-state index contributed by atoms with van der Waals surface area (Å²) in [5.41, 5.74) is 2.96. The molecule has 0 aliphatic rings. The van der Waals surface area contributed by atoms with Crippen LogP contribution in [-0.4, -0.2) is 23.8 Å². The van der Waals surface area contributed by atoms with Crippen LogP contribution in [0.25, 0.3) is 0 Å². The largest absolute Gasteiger partial charge is 0.488 e. The van der Waals surface area contributed by atoms with Crippen LogP contribution in [0, 0.1) is 13.8 Å². The van der Waals surface area contributed by atoms with Crippen molar-refractivity contribution in [1.29, 1.82) is 0 Å². The first-order valence-corrected chi connectivity index (χ1v) is 7.38. The number of hydrogen-bond donors (Lipinski definition) is 0. The zero-order valence-electron chi connectivity index (χ0n) is 13.5. The standard InChI is InChI=1S/C18H19NO4/c1-4-22-18(21)17-13(3)19-12(2)9-15(17)11-23-16-8-6-5-7-14(16)10-20/h5-10H,4,11H2,1-3H3. The van der Waals surface area contributed by atoms with Crippen LogP contribution in [0.1, 0.15) is 44.6 Å². The lowest BCUT2D eigenvalue weighted by Gasteiger charge is -2.14. The normalized spacial score (nSPS) is 10.2. The molecule has 120 valence electrons. The van der Waals surface area contributed by atoms with Crippen molar-refractivity contribution in [2.75, 3.05) is 6.61 Å². The summed E-state index contributed by atoms with van der Waals surface area (Å²) in [4.78, 5) is 27.5. The summed E-state index contributed by atoms with van der Waals surface area (Å²) in [7, 11) is 0. The molecule has 2 aromatic rings. The lowest BCUT2D eigenvalue weighted by Crippen LogP contribution is -2.14. The fourth-order valence-corrected chi connectivity index (χ4v) is 2.37. The van der Waals surface area contributed by atoms with E-state index in [-0.39, 0.29) is 6.61 Å². The molecule has 0 aliphatic heterocycles. The smallest absolute Gasteiger partial charge is 0.340 e. The second-order valence-corrected chi connectivity index (χ2v) is 5.05. The van der Waals surface area contributed by atoms with Gasteiger partial charge in [-0.3, -0.25) is 9.78 Å². The van der Waals surface area contributed by atoms with Crippen LogP contribution in [-0.2, 0) is 11.3 Å². The van der Waals surface area contributed by atoms with Crippen molar-refractivity contribution in [2.45, 2.75) is 27.4 Å². The summed E-state index contributed by atoms with van der Waals surface area (Å²) in [5, 5.41) is 0. The van der Waals surface area contributed by atoms with Crippen LogP contribution in [0.3, 0.4) is 0 Å². The number of carbonyl (C=O) groups excluding carboxylic acids is 2. The van der Waals surface area contributed by atoms with Gasteiger partial charge >= 0.3 is 5.97 Å². The number of hydrogen-bond acceptors (Lipinski definition) is 5. The third-order valence-corrected chi connectivity index (χ3v) is 3.32. The number of esters is 1. The molecule has 0 saturated heterocycles. The van der Waals surface area contributed by atoms with Gasteiger partial charge in [0.15, 0.2) is 6.29 Å². The van der Waals surface area contributed by atoms with E-state index in [1.54, 1.807) is 44.2 Å². The van der Waals surface area contributed by atoms with Crippen molar-refractivity contribution in [2.24, 2.45) is 0 Å². The van der Waals surface area contributed by atoms with Crippen molar-refractivity contribution in [3.05, 3.63) is 58.4 Å². The maximum Gasteiger partial charge on any atom is 0.340 e. The predicted molar refractivity (Wildman–Crippen MR) is 85.8 cm³/mol. The number of ether oxygens (including phenoxy) is 2. The third kappa shape index (κ3) is 3.94. The molecule has 1 aromatic heterocycles. The Balaban J connectivity index is 2.31. The number of para-hydroxylation sites is 1. The van der Waals surface area contributed by atoms with Gasteiger partial charge in [0.1, 0.15) is 12.4 Å². The van der Waals surface area contributed by atoms with E-state index >= 15 is 0 Å². The molecule has 5 nitrogen and oxygen atoms in total. The van der Waals surface area contributed by atoms with Crippen LogP contribution in [0.5, 0.6) is 5.75 Å². The molecule has 1 heterocycles. The number of aromatic nitrogens is 1. The highest BCUT2D eigenvalue weighted by Gasteiger charge is 2.18. The zero-order valence-corrected chi connectivity index (χ0v) is 13.5. The minimum atomic E-state index is -0.417. The molecule has 0 aliphatic carbocycles. The maximum absolute atomic E-state index is 12.2. The third-order valence-electron chi connectivity index (χ3n) is 3.32. The van der Waals surface area contributed by atoms with Gasteiger partial charge in [0.25, 0.3) is 0 Å².